The topological polar surface area (TPSA) is 78.4 Å². The maximum absolute atomic E-state index is 11.0. The predicted molar refractivity (Wildman–Crippen MR) is 49.4 cm³/mol. The third kappa shape index (κ3) is 3.22. The van der Waals surface area contributed by atoms with Gasteiger partial charge in [-0.25, -0.2) is 4.72 Å². The Morgan fingerprint density at radius 3 is 2.38 bits per heavy atom. The van der Waals surface area contributed by atoms with Crippen LogP contribution in [0.5, 0.6) is 0 Å². The molecule has 0 aromatic heterocycles. The summed E-state index contributed by atoms with van der Waals surface area (Å²) in [5.74, 6) is 0. The van der Waals surface area contributed by atoms with Gasteiger partial charge in [0.1, 0.15) is 0 Å². The highest BCUT2D eigenvalue weighted by Crippen LogP contribution is 2.28. The fourth-order valence-electron chi connectivity index (χ4n) is 1.51. The van der Waals surface area contributed by atoms with Gasteiger partial charge in [0.2, 0.25) is 0 Å². The van der Waals surface area contributed by atoms with Crippen molar-refractivity contribution in [2.45, 2.75) is 31.3 Å². The normalized spacial score (nSPS) is 22.0. The highest BCUT2D eigenvalue weighted by molar-refractivity contribution is 7.87. The molecule has 0 bridgehead atoms. The maximum atomic E-state index is 11.0. The summed E-state index contributed by atoms with van der Waals surface area (Å²) in [6.07, 6.45) is 3.30. The Bertz CT molecular complexity index is 257. The van der Waals surface area contributed by atoms with E-state index in [1.54, 1.807) is 0 Å². The molecule has 0 aromatic rings. The van der Waals surface area contributed by atoms with E-state index < -0.39 is 15.8 Å². The maximum Gasteiger partial charge on any atom is 0.276 e. The molecule has 0 radical (unpaired) electrons. The largest absolute Gasteiger partial charge is 0.389 e. The van der Waals surface area contributed by atoms with Gasteiger partial charge in [-0.2, -0.15) is 13.1 Å². The van der Waals surface area contributed by atoms with Crippen LogP contribution in [-0.2, 0) is 10.2 Å². The van der Waals surface area contributed by atoms with Crippen LogP contribution in [-0.4, -0.2) is 32.7 Å². The van der Waals surface area contributed by atoms with Crippen molar-refractivity contribution in [2.24, 2.45) is 0 Å². The van der Waals surface area contributed by atoms with Crippen LogP contribution in [0.1, 0.15) is 25.7 Å². The highest BCUT2D eigenvalue weighted by atomic mass is 32.2. The van der Waals surface area contributed by atoms with Gasteiger partial charge in [0.05, 0.1) is 5.60 Å². The van der Waals surface area contributed by atoms with E-state index in [4.69, 9.17) is 0 Å². The Hall–Kier alpha value is -0.170. The first-order valence-electron chi connectivity index (χ1n) is 4.38. The Morgan fingerprint density at radius 1 is 1.38 bits per heavy atom. The van der Waals surface area contributed by atoms with E-state index in [0.717, 1.165) is 12.8 Å². The molecule has 0 amide bonds. The Labute approximate surface area is 78.7 Å². The second kappa shape index (κ2) is 3.91. The number of rotatable bonds is 4. The lowest BCUT2D eigenvalue weighted by atomic mass is 10.0. The molecule has 0 aliphatic heterocycles. The Kier molecular flexibility index (Phi) is 3.28. The summed E-state index contributed by atoms with van der Waals surface area (Å²) < 4.78 is 26.4. The average Bonchev–Trinajstić information content (AvgIpc) is 2.50. The van der Waals surface area contributed by atoms with E-state index in [-0.39, 0.29) is 6.54 Å². The van der Waals surface area contributed by atoms with Crippen molar-refractivity contribution < 1.29 is 13.5 Å². The van der Waals surface area contributed by atoms with Gasteiger partial charge in [-0.3, -0.25) is 0 Å². The second-order valence-corrected chi connectivity index (χ2v) is 5.16. The van der Waals surface area contributed by atoms with Crippen molar-refractivity contribution in [3.05, 3.63) is 0 Å². The molecule has 5 nitrogen and oxygen atoms in total. The minimum absolute atomic E-state index is 0.107. The summed E-state index contributed by atoms with van der Waals surface area (Å²) in [6, 6.07) is 0. The fourth-order valence-corrected chi connectivity index (χ4v) is 2.11. The molecule has 0 saturated heterocycles. The SMILES string of the molecule is CNS(=O)(=O)NCC1(O)CCCC1. The van der Waals surface area contributed by atoms with E-state index >= 15 is 0 Å². The van der Waals surface area contributed by atoms with Crippen molar-refractivity contribution in [2.75, 3.05) is 13.6 Å². The van der Waals surface area contributed by atoms with Gasteiger partial charge in [-0.1, -0.05) is 12.8 Å². The molecule has 13 heavy (non-hydrogen) atoms. The minimum Gasteiger partial charge on any atom is -0.389 e. The molecule has 6 heteroatoms. The van der Waals surface area contributed by atoms with Crippen LogP contribution < -0.4 is 9.44 Å². The summed E-state index contributed by atoms with van der Waals surface area (Å²) in [4.78, 5) is 0. The molecule has 0 heterocycles. The predicted octanol–water partition coefficient (Wildman–Crippen LogP) is -0.655. The first kappa shape index (κ1) is 10.9. The molecule has 1 saturated carbocycles. The summed E-state index contributed by atoms with van der Waals surface area (Å²) in [6.45, 7) is 0.107. The molecule has 1 rings (SSSR count). The lowest BCUT2D eigenvalue weighted by Crippen LogP contribution is -2.44. The summed E-state index contributed by atoms with van der Waals surface area (Å²) in [5.41, 5.74) is -0.829. The third-order valence-electron chi connectivity index (χ3n) is 2.39. The zero-order valence-electron chi connectivity index (χ0n) is 7.71. The number of hydrogen-bond acceptors (Lipinski definition) is 3. The van der Waals surface area contributed by atoms with Crippen molar-refractivity contribution in [3.8, 4) is 0 Å². The van der Waals surface area contributed by atoms with E-state index in [9.17, 15) is 13.5 Å². The van der Waals surface area contributed by atoms with Crippen LogP contribution in [0.4, 0.5) is 0 Å². The molecule has 0 spiro atoms. The second-order valence-electron chi connectivity index (χ2n) is 3.46. The number of nitrogens with one attached hydrogen (secondary N) is 2. The number of hydrogen-bond donors (Lipinski definition) is 3. The number of aliphatic hydroxyl groups is 1. The standard InChI is InChI=1S/C7H16N2O3S/c1-8-13(11,12)9-6-7(10)4-2-3-5-7/h8-10H,2-6H2,1H3. The van der Waals surface area contributed by atoms with Gasteiger partial charge >= 0.3 is 0 Å². The molecular weight excluding hydrogens is 192 g/mol. The summed E-state index contributed by atoms with van der Waals surface area (Å²) in [5, 5.41) is 9.80. The summed E-state index contributed by atoms with van der Waals surface area (Å²) >= 11 is 0. The van der Waals surface area contributed by atoms with E-state index in [1.807, 2.05) is 0 Å². The third-order valence-corrected chi connectivity index (χ3v) is 3.46. The molecular formula is C7H16N2O3S. The zero-order chi connectivity index (χ0) is 9.95. The molecule has 0 atom stereocenters. The molecule has 1 fully saturated rings. The Balaban J connectivity index is 2.42. The highest BCUT2D eigenvalue weighted by Gasteiger charge is 2.31. The van der Waals surface area contributed by atoms with E-state index in [0.29, 0.717) is 12.8 Å². The van der Waals surface area contributed by atoms with Crippen LogP contribution >= 0.6 is 0 Å². The van der Waals surface area contributed by atoms with Gasteiger partial charge in [-0.15, -0.1) is 0 Å². The van der Waals surface area contributed by atoms with Crippen molar-refractivity contribution in [1.82, 2.24) is 9.44 Å². The summed E-state index contributed by atoms with van der Waals surface area (Å²) in [7, 11) is -2.07. The molecule has 78 valence electrons. The van der Waals surface area contributed by atoms with Gasteiger partial charge in [0.15, 0.2) is 0 Å². The first-order valence-corrected chi connectivity index (χ1v) is 5.86. The lowest BCUT2D eigenvalue weighted by Gasteiger charge is -2.21. The fraction of sp³-hybridized carbons (Fsp3) is 1.00. The van der Waals surface area contributed by atoms with E-state index in [2.05, 4.69) is 9.44 Å². The van der Waals surface area contributed by atoms with E-state index in [1.165, 1.54) is 7.05 Å². The van der Waals surface area contributed by atoms with Crippen molar-refractivity contribution >= 4 is 10.2 Å². The van der Waals surface area contributed by atoms with Crippen molar-refractivity contribution in [3.63, 3.8) is 0 Å². The van der Waals surface area contributed by atoms with Crippen LogP contribution in [0.25, 0.3) is 0 Å². The van der Waals surface area contributed by atoms with Crippen LogP contribution in [0, 0.1) is 0 Å². The quantitative estimate of drug-likeness (QED) is 0.574. The lowest BCUT2D eigenvalue weighted by molar-refractivity contribution is 0.0531. The first-order chi connectivity index (χ1) is 5.97. The van der Waals surface area contributed by atoms with Gasteiger partial charge in [0, 0.05) is 13.6 Å². The minimum atomic E-state index is -3.41. The Morgan fingerprint density at radius 2 is 1.92 bits per heavy atom. The van der Waals surface area contributed by atoms with Crippen molar-refractivity contribution in [1.29, 1.82) is 0 Å². The molecule has 0 unspecified atom stereocenters. The zero-order valence-corrected chi connectivity index (χ0v) is 8.52. The van der Waals surface area contributed by atoms with Crippen LogP contribution in [0.15, 0.2) is 0 Å². The smallest absolute Gasteiger partial charge is 0.276 e. The average molecular weight is 208 g/mol. The molecule has 0 aromatic carbocycles. The van der Waals surface area contributed by atoms with Gasteiger partial charge < -0.3 is 5.11 Å². The van der Waals surface area contributed by atoms with Gasteiger partial charge in [0.25, 0.3) is 10.2 Å². The van der Waals surface area contributed by atoms with Crippen LogP contribution in [0.2, 0.25) is 0 Å². The van der Waals surface area contributed by atoms with Gasteiger partial charge in [-0.05, 0) is 12.8 Å². The van der Waals surface area contributed by atoms with Crippen LogP contribution in [0.3, 0.4) is 0 Å². The molecule has 1 aliphatic rings. The monoisotopic (exact) mass is 208 g/mol. The molecule has 1 aliphatic carbocycles. The molecule has 3 N–H and O–H groups in total.